The number of nitrogens with zero attached hydrogens (tertiary/aromatic N) is 3. The Balaban J connectivity index is 1.65. The van der Waals surface area contributed by atoms with Crippen molar-refractivity contribution in [1.29, 1.82) is 0 Å². The van der Waals surface area contributed by atoms with Gasteiger partial charge in [-0.1, -0.05) is 30.7 Å². The summed E-state index contributed by atoms with van der Waals surface area (Å²) in [5, 5.41) is 4.08. The highest BCUT2D eigenvalue weighted by Gasteiger charge is 2.28. The number of para-hydroxylation sites is 1. The molecule has 4 rings (SSSR count). The maximum atomic E-state index is 13.3. The van der Waals surface area contributed by atoms with Gasteiger partial charge in [-0.05, 0) is 70.5 Å². The van der Waals surface area contributed by atoms with Gasteiger partial charge in [0.1, 0.15) is 0 Å². The lowest BCUT2D eigenvalue weighted by Gasteiger charge is -2.41. The molecule has 156 valence electrons. The molecule has 1 aliphatic heterocycles. The number of aromatic nitrogens is 2. The Bertz CT molecular complexity index is 1040. The molecular formula is C25H30N4O. The summed E-state index contributed by atoms with van der Waals surface area (Å²) in [5.74, 6) is -0.0599. The Labute approximate surface area is 178 Å². The molecule has 3 heterocycles. The van der Waals surface area contributed by atoms with E-state index >= 15 is 0 Å². The highest BCUT2D eigenvalue weighted by Crippen LogP contribution is 2.26. The van der Waals surface area contributed by atoms with E-state index in [0.717, 1.165) is 40.9 Å². The van der Waals surface area contributed by atoms with E-state index < -0.39 is 0 Å². The molecule has 0 spiro atoms. The summed E-state index contributed by atoms with van der Waals surface area (Å²) in [6.07, 6.45) is 5.52. The molecule has 0 saturated carbocycles. The Morgan fingerprint density at radius 1 is 1.07 bits per heavy atom. The second-order valence-corrected chi connectivity index (χ2v) is 8.78. The monoisotopic (exact) mass is 402 g/mol. The minimum Gasteiger partial charge on any atom is -0.350 e. The minimum absolute atomic E-state index is 0.0599. The normalized spacial score (nSPS) is 15.3. The average molecular weight is 403 g/mol. The quantitative estimate of drug-likeness (QED) is 0.678. The third-order valence-corrected chi connectivity index (χ3v) is 6.11. The van der Waals surface area contributed by atoms with Crippen LogP contribution in [0.15, 0.2) is 48.7 Å². The number of fused-ring (bicyclic) bond motifs is 1. The summed E-state index contributed by atoms with van der Waals surface area (Å²) in [5.41, 5.74) is 3.97. The Morgan fingerprint density at radius 2 is 1.87 bits per heavy atom. The molecule has 5 nitrogen and oxygen atoms in total. The van der Waals surface area contributed by atoms with Gasteiger partial charge in [0, 0.05) is 23.7 Å². The molecule has 1 aromatic carbocycles. The number of likely N-dealkylation sites (tertiary alicyclic amines) is 1. The van der Waals surface area contributed by atoms with Crippen molar-refractivity contribution in [2.45, 2.75) is 45.6 Å². The van der Waals surface area contributed by atoms with Gasteiger partial charge in [-0.15, -0.1) is 0 Å². The first kappa shape index (κ1) is 20.5. The Hall–Kier alpha value is -2.79. The molecule has 0 radical (unpaired) electrons. The van der Waals surface area contributed by atoms with Crippen LogP contribution in [0.1, 0.15) is 49.0 Å². The zero-order valence-electron chi connectivity index (χ0n) is 18.1. The lowest BCUT2D eigenvalue weighted by molar-refractivity contribution is 0.0798. The third kappa shape index (κ3) is 4.21. The van der Waals surface area contributed by atoms with Crippen LogP contribution in [-0.2, 0) is 0 Å². The molecule has 5 heteroatoms. The van der Waals surface area contributed by atoms with Crippen LogP contribution in [-0.4, -0.2) is 45.9 Å². The highest BCUT2D eigenvalue weighted by molar-refractivity contribution is 6.07. The van der Waals surface area contributed by atoms with Crippen LogP contribution >= 0.6 is 0 Å². The number of hydrogen-bond acceptors (Lipinski definition) is 4. The summed E-state index contributed by atoms with van der Waals surface area (Å²) in [6, 6.07) is 13.6. The number of benzene rings is 1. The molecule has 3 aromatic rings. The fraction of sp³-hybridized carbons (Fsp3) is 0.400. The predicted octanol–water partition coefficient (Wildman–Crippen LogP) is 4.60. The van der Waals surface area contributed by atoms with E-state index in [1.165, 1.54) is 19.3 Å². The van der Waals surface area contributed by atoms with Crippen molar-refractivity contribution in [3.8, 4) is 11.4 Å². The number of aryl methyl sites for hydroxylation is 1. The molecule has 1 fully saturated rings. The summed E-state index contributed by atoms with van der Waals surface area (Å²) in [4.78, 5) is 25.0. The molecule has 0 atom stereocenters. The number of pyridine rings is 2. The van der Waals surface area contributed by atoms with Gasteiger partial charge in [0.25, 0.3) is 5.91 Å². The van der Waals surface area contributed by atoms with Crippen LogP contribution in [0, 0.1) is 6.92 Å². The summed E-state index contributed by atoms with van der Waals surface area (Å²) in [6.45, 7) is 9.27. The second-order valence-electron chi connectivity index (χ2n) is 8.78. The van der Waals surface area contributed by atoms with E-state index in [4.69, 9.17) is 4.98 Å². The van der Waals surface area contributed by atoms with Crippen LogP contribution in [0.3, 0.4) is 0 Å². The van der Waals surface area contributed by atoms with Crippen LogP contribution in [0.2, 0.25) is 0 Å². The van der Waals surface area contributed by atoms with E-state index in [-0.39, 0.29) is 11.4 Å². The maximum Gasteiger partial charge on any atom is 0.252 e. The first-order valence-corrected chi connectivity index (χ1v) is 10.8. The molecule has 0 unspecified atom stereocenters. The summed E-state index contributed by atoms with van der Waals surface area (Å²) in [7, 11) is 0. The lowest BCUT2D eigenvalue weighted by atomic mass is 9.98. The first-order valence-electron chi connectivity index (χ1n) is 10.8. The molecule has 1 amide bonds. The van der Waals surface area contributed by atoms with Crippen molar-refractivity contribution in [2.24, 2.45) is 0 Å². The standard InChI is InChI=1S/C25H30N4O/c1-18-10-9-11-19-20(16-22(28-23(18)19)21-12-5-6-13-26-21)24(30)27-17-25(2,3)29-14-7-4-8-15-29/h5-6,9-13,16H,4,7-8,14-15,17H2,1-3H3,(H,27,30). The third-order valence-electron chi connectivity index (χ3n) is 6.11. The van der Waals surface area contributed by atoms with Crippen molar-refractivity contribution >= 4 is 16.8 Å². The summed E-state index contributed by atoms with van der Waals surface area (Å²) >= 11 is 0. The number of nitrogens with one attached hydrogen (secondary N) is 1. The Kier molecular flexibility index (Phi) is 5.82. The van der Waals surface area contributed by atoms with Gasteiger partial charge in [0.2, 0.25) is 0 Å². The van der Waals surface area contributed by atoms with Crippen molar-refractivity contribution in [3.63, 3.8) is 0 Å². The van der Waals surface area contributed by atoms with Gasteiger partial charge in [0.05, 0.1) is 22.5 Å². The van der Waals surface area contributed by atoms with E-state index in [1.54, 1.807) is 6.20 Å². The molecule has 2 aromatic heterocycles. The smallest absolute Gasteiger partial charge is 0.252 e. The van der Waals surface area contributed by atoms with Gasteiger partial charge in [-0.25, -0.2) is 4.98 Å². The van der Waals surface area contributed by atoms with E-state index in [9.17, 15) is 4.79 Å². The van der Waals surface area contributed by atoms with Gasteiger partial charge >= 0.3 is 0 Å². The van der Waals surface area contributed by atoms with E-state index in [2.05, 4.69) is 29.0 Å². The van der Waals surface area contributed by atoms with Crippen molar-refractivity contribution in [3.05, 3.63) is 59.8 Å². The minimum atomic E-state index is -0.0708. The number of carbonyl (C=O) groups excluding carboxylic acids is 1. The number of amides is 1. The SMILES string of the molecule is Cc1cccc2c(C(=O)NCC(C)(C)N3CCCCC3)cc(-c3ccccn3)nc12. The largest absolute Gasteiger partial charge is 0.350 e. The van der Waals surface area contributed by atoms with E-state index in [1.807, 2.05) is 49.4 Å². The van der Waals surface area contributed by atoms with Crippen LogP contribution < -0.4 is 5.32 Å². The van der Waals surface area contributed by atoms with Crippen molar-refractivity contribution < 1.29 is 4.79 Å². The fourth-order valence-corrected chi connectivity index (χ4v) is 4.23. The molecular weight excluding hydrogens is 372 g/mol. The van der Waals surface area contributed by atoms with Crippen LogP contribution in [0.5, 0.6) is 0 Å². The predicted molar refractivity (Wildman–Crippen MR) is 122 cm³/mol. The Morgan fingerprint density at radius 3 is 2.60 bits per heavy atom. The van der Waals surface area contributed by atoms with E-state index in [0.29, 0.717) is 12.1 Å². The maximum absolute atomic E-state index is 13.3. The molecule has 30 heavy (non-hydrogen) atoms. The van der Waals surface area contributed by atoms with Crippen LogP contribution in [0.25, 0.3) is 22.3 Å². The van der Waals surface area contributed by atoms with Gasteiger partial charge in [-0.2, -0.15) is 0 Å². The average Bonchev–Trinajstić information content (AvgIpc) is 2.78. The number of carbonyl (C=O) groups is 1. The topological polar surface area (TPSA) is 58.1 Å². The first-order chi connectivity index (χ1) is 14.5. The van der Waals surface area contributed by atoms with Crippen molar-refractivity contribution in [2.75, 3.05) is 19.6 Å². The fourth-order valence-electron chi connectivity index (χ4n) is 4.23. The number of piperidine rings is 1. The zero-order valence-corrected chi connectivity index (χ0v) is 18.1. The van der Waals surface area contributed by atoms with Gasteiger partial charge in [0.15, 0.2) is 0 Å². The number of hydrogen-bond donors (Lipinski definition) is 1. The number of rotatable bonds is 5. The van der Waals surface area contributed by atoms with Crippen molar-refractivity contribution in [1.82, 2.24) is 20.2 Å². The molecule has 1 saturated heterocycles. The molecule has 1 aliphatic rings. The molecule has 0 aliphatic carbocycles. The highest BCUT2D eigenvalue weighted by atomic mass is 16.1. The summed E-state index contributed by atoms with van der Waals surface area (Å²) < 4.78 is 0. The zero-order chi connectivity index (χ0) is 21.1. The van der Waals surface area contributed by atoms with Gasteiger partial charge < -0.3 is 5.32 Å². The molecule has 1 N–H and O–H groups in total. The second kappa shape index (κ2) is 8.52. The van der Waals surface area contributed by atoms with Gasteiger partial charge in [-0.3, -0.25) is 14.7 Å². The lowest BCUT2D eigenvalue weighted by Crippen LogP contribution is -2.53. The molecule has 0 bridgehead atoms. The van der Waals surface area contributed by atoms with Crippen LogP contribution in [0.4, 0.5) is 0 Å².